The van der Waals surface area contributed by atoms with Crippen molar-refractivity contribution < 1.29 is 5.11 Å². The average Bonchev–Trinajstić information content (AvgIpc) is 2.33. The molecule has 17 heavy (non-hydrogen) atoms. The van der Waals surface area contributed by atoms with Crippen LogP contribution >= 0.6 is 11.8 Å². The van der Waals surface area contributed by atoms with Gasteiger partial charge in [0.2, 0.25) is 0 Å². The highest BCUT2D eigenvalue weighted by molar-refractivity contribution is 7.99. The minimum atomic E-state index is -0.489. The fourth-order valence-electron chi connectivity index (χ4n) is 1.23. The Bertz CT molecular complexity index is 482. The van der Waals surface area contributed by atoms with Crippen LogP contribution < -0.4 is 0 Å². The second kappa shape index (κ2) is 5.25. The Morgan fingerprint density at radius 2 is 1.82 bits per heavy atom. The summed E-state index contributed by atoms with van der Waals surface area (Å²) in [6.45, 7) is 3.66. The van der Waals surface area contributed by atoms with Crippen LogP contribution in [0.3, 0.4) is 0 Å². The van der Waals surface area contributed by atoms with Crippen molar-refractivity contribution in [2.45, 2.75) is 30.1 Å². The van der Waals surface area contributed by atoms with Gasteiger partial charge in [-0.25, -0.2) is 15.0 Å². The van der Waals surface area contributed by atoms with E-state index in [1.165, 1.54) is 11.8 Å². The van der Waals surface area contributed by atoms with Crippen molar-refractivity contribution in [2.75, 3.05) is 0 Å². The fraction of sp³-hybridized carbons (Fsp3) is 0.250. The molecular formula is C12H13N3OS. The topological polar surface area (TPSA) is 58.9 Å². The maximum absolute atomic E-state index is 9.36. The van der Waals surface area contributed by atoms with E-state index >= 15 is 0 Å². The molecule has 0 saturated heterocycles. The zero-order chi connectivity index (χ0) is 12.3. The lowest BCUT2D eigenvalue weighted by Gasteiger charge is -2.04. The Balaban J connectivity index is 2.11. The number of aryl methyl sites for hydroxylation is 1. The molecule has 0 bridgehead atoms. The molecule has 0 aliphatic heterocycles. The monoisotopic (exact) mass is 247 g/mol. The fourth-order valence-corrected chi connectivity index (χ4v) is 1.87. The molecule has 2 aromatic heterocycles. The molecule has 0 aliphatic rings. The van der Waals surface area contributed by atoms with Gasteiger partial charge in [0.1, 0.15) is 5.03 Å². The predicted octanol–water partition coefficient (Wildman–Crippen LogP) is 2.38. The Morgan fingerprint density at radius 1 is 1.12 bits per heavy atom. The molecule has 88 valence electrons. The van der Waals surface area contributed by atoms with Crippen molar-refractivity contribution in [1.29, 1.82) is 0 Å². The molecule has 5 heteroatoms. The Morgan fingerprint density at radius 3 is 2.35 bits per heavy atom. The molecule has 2 aromatic rings. The van der Waals surface area contributed by atoms with Crippen molar-refractivity contribution in [2.24, 2.45) is 0 Å². The van der Waals surface area contributed by atoms with Crippen LogP contribution in [0.2, 0.25) is 0 Å². The largest absolute Gasteiger partial charge is 0.389 e. The molecule has 0 aromatic carbocycles. The van der Waals surface area contributed by atoms with Gasteiger partial charge in [0.15, 0.2) is 5.16 Å². The van der Waals surface area contributed by atoms with Crippen molar-refractivity contribution in [3.63, 3.8) is 0 Å². The van der Waals surface area contributed by atoms with E-state index in [-0.39, 0.29) is 0 Å². The highest BCUT2D eigenvalue weighted by Crippen LogP contribution is 2.23. The normalized spacial score (nSPS) is 12.4. The summed E-state index contributed by atoms with van der Waals surface area (Å²) in [6, 6.07) is 3.71. The molecule has 0 unspecified atom stereocenters. The highest BCUT2D eigenvalue weighted by atomic mass is 32.2. The van der Waals surface area contributed by atoms with Gasteiger partial charge in [-0.1, -0.05) is 6.07 Å². The van der Waals surface area contributed by atoms with Crippen molar-refractivity contribution in [3.05, 3.63) is 41.9 Å². The van der Waals surface area contributed by atoms with Crippen molar-refractivity contribution >= 4 is 11.8 Å². The van der Waals surface area contributed by atoms with E-state index in [1.807, 2.05) is 19.1 Å². The van der Waals surface area contributed by atoms with Crippen molar-refractivity contribution in [1.82, 2.24) is 15.0 Å². The average molecular weight is 247 g/mol. The van der Waals surface area contributed by atoms with Crippen LogP contribution in [0, 0.1) is 6.92 Å². The predicted molar refractivity (Wildman–Crippen MR) is 65.8 cm³/mol. The molecule has 2 rings (SSSR count). The summed E-state index contributed by atoms with van der Waals surface area (Å²) in [6.07, 6.45) is 4.73. The zero-order valence-corrected chi connectivity index (χ0v) is 10.5. The Labute approximate surface area is 104 Å². The molecule has 0 fully saturated rings. The van der Waals surface area contributed by atoms with Gasteiger partial charge in [0, 0.05) is 18.6 Å². The van der Waals surface area contributed by atoms with Crippen LogP contribution in [0.25, 0.3) is 0 Å². The number of aliphatic hydroxyl groups excluding tert-OH is 1. The Kier molecular flexibility index (Phi) is 3.71. The maximum atomic E-state index is 9.36. The first-order chi connectivity index (χ1) is 8.15. The summed E-state index contributed by atoms with van der Waals surface area (Å²) < 4.78 is 0. The van der Waals surface area contributed by atoms with E-state index in [1.54, 1.807) is 25.5 Å². The molecule has 2 heterocycles. The van der Waals surface area contributed by atoms with Crippen LogP contribution in [0.1, 0.15) is 24.2 Å². The van der Waals surface area contributed by atoms with Crippen LogP contribution in [-0.4, -0.2) is 20.1 Å². The standard InChI is InChI=1S/C12H13N3OS/c1-8-5-14-12(15-6-8)17-11-4-3-10(7-13-11)9(2)16/h3-7,9,16H,1-2H3/t9-/m0/s1. The number of pyridine rings is 1. The number of hydrogen-bond acceptors (Lipinski definition) is 5. The van der Waals surface area contributed by atoms with Gasteiger partial charge in [0.05, 0.1) is 6.10 Å². The first kappa shape index (κ1) is 12.0. The molecule has 0 saturated carbocycles. The second-order valence-electron chi connectivity index (χ2n) is 3.75. The molecule has 0 radical (unpaired) electrons. The Hall–Kier alpha value is -1.46. The van der Waals surface area contributed by atoms with E-state index in [0.717, 1.165) is 16.2 Å². The number of nitrogens with zero attached hydrogens (tertiary/aromatic N) is 3. The lowest BCUT2D eigenvalue weighted by Crippen LogP contribution is -1.93. The van der Waals surface area contributed by atoms with E-state index in [9.17, 15) is 5.11 Å². The number of rotatable bonds is 3. The molecule has 4 nitrogen and oxygen atoms in total. The smallest absolute Gasteiger partial charge is 0.193 e. The van der Waals surface area contributed by atoms with Crippen LogP contribution in [0.4, 0.5) is 0 Å². The molecule has 0 spiro atoms. The summed E-state index contributed by atoms with van der Waals surface area (Å²) in [4.78, 5) is 12.6. The van der Waals surface area contributed by atoms with Crippen molar-refractivity contribution in [3.8, 4) is 0 Å². The first-order valence-corrected chi connectivity index (χ1v) is 6.07. The van der Waals surface area contributed by atoms with Gasteiger partial charge in [-0.15, -0.1) is 0 Å². The van der Waals surface area contributed by atoms with E-state index in [4.69, 9.17) is 0 Å². The van der Waals surface area contributed by atoms with Gasteiger partial charge in [-0.2, -0.15) is 0 Å². The molecule has 1 N–H and O–H groups in total. The van der Waals surface area contributed by atoms with E-state index in [2.05, 4.69) is 15.0 Å². The minimum absolute atomic E-state index is 0.489. The second-order valence-corrected chi connectivity index (χ2v) is 4.74. The molecule has 0 amide bonds. The third-order valence-corrected chi connectivity index (χ3v) is 3.04. The van der Waals surface area contributed by atoms with Gasteiger partial charge in [-0.05, 0) is 42.8 Å². The zero-order valence-electron chi connectivity index (χ0n) is 9.66. The lowest BCUT2D eigenvalue weighted by atomic mass is 10.2. The minimum Gasteiger partial charge on any atom is -0.389 e. The summed E-state index contributed by atoms with van der Waals surface area (Å²) in [5, 5.41) is 10.9. The number of hydrogen-bond donors (Lipinski definition) is 1. The third kappa shape index (κ3) is 3.25. The lowest BCUT2D eigenvalue weighted by molar-refractivity contribution is 0.198. The summed E-state index contributed by atoms with van der Waals surface area (Å²) in [7, 11) is 0. The first-order valence-electron chi connectivity index (χ1n) is 5.25. The van der Waals surface area contributed by atoms with E-state index in [0.29, 0.717) is 5.16 Å². The number of aromatic nitrogens is 3. The summed E-state index contributed by atoms with van der Waals surface area (Å²) in [5.74, 6) is 0. The third-order valence-electron chi connectivity index (χ3n) is 2.19. The highest BCUT2D eigenvalue weighted by Gasteiger charge is 2.04. The number of aliphatic hydroxyl groups is 1. The van der Waals surface area contributed by atoms with Crippen LogP contribution in [-0.2, 0) is 0 Å². The van der Waals surface area contributed by atoms with Gasteiger partial charge in [-0.3, -0.25) is 0 Å². The summed E-state index contributed by atoms with van der Waals surface area (Å²) in [5.41, 5.74) is 1.84. The van der Waals surface area contributed by atoms with Crippen LogP contribution in [0.5, 0.6) is 0 Å². The molecule has 0 aliphatic carbocycles. The molecule has 1 atom stereocenters. The SMILES string of the molecule is Cc1cnc(Sc2ccc([C@H](C)O)cn2)nc1. The quantitative estimate of drug-likeness (QED) is 0.844. The summed E-state index contributed by atoms with van der Waals surface area (Å²) >= 11 is 1.40. The van der Waals surface area contributed by atoms with Gasteiger partial charge < -0.3 is 5.11 Å². The van der Waals surface area contributed by atoms with Gasteiger partial charge in [0.25, 0.3) is 0 Å². The van der Waals surface area contributed by atoms with E-state index < -0.39 is 6.10 Å². The maximum Gasteiger partial charge on any atom is 0.193 e. The van der Waals surface area contributed by atoms with Gasteiger partial charge >= 0.3 is 0 Å². The molecular weight excluding hydrogens is 234 g/mol. The van der Waals surface area contributed by atoms with Crippen LogP contribution in [0.15, 0.2) is 40.9 Å².